The molecule has 2 aromatic rings. The van der Waals surface area contributed by atoms with Gasteiger partial charge in [-0.3, -0.25) is 9.59 Å². The minimum atomic E-state index is -0.562. The van der Waals surface area contributed by atoms with Crippen LogP contribution in [0.2, 0.25) is 0 Å². The van der Waals surface area contributed by atoms with Gasteiger partial charge < -0.3 is 15.1 Å². The van der Waals surface area contributed by atoms with Gasteiger partial charge in [0.05, 0.1) is 13.1 Å². The third-order valence-corrected chi connectivity index (χ3v) is 7.27. The molecule has 2 aliphatic rings. The molecule has 1 aromatic carbocycles. The number of carbonyl (C=O) groups is 3. The van der Waals surface area contributed by atoms with Crippen LogP contribution in [0.1, 0.15) is 30.7 Å². The molecule has 4 rings (SSSR count). The van der Waals surface area contributed by atoms with Crippen LogP contribution in [0.4, 0.5) is 4.79 Å². The molecule has 2 atom stereocenters. The second-order valence-corrected chi connectivity index (χ2v) is 10.4. The van der Waals surface area contributed by atoms with E-state index in [4.69, 9.17) is 0 Å². The first-order valence-corrected chi connectivity index (χ1v) is 12.7. The predicted octanol–water partition coefficient (Wildman–Crippen LogP) is 2.77. The number of urea groups is 1. The van der Waals surface area contributed by atoms with E-state index in [0.29, 0.717) is 26.1 Å². The molecule has 1 aromatic heterocycles. The number of thiophene rings is 1. The van der Waals surface area contributed by atoms with Gasteiger partial charge in [0.15, 0.2) is 0 Å². The van der Waals surface area contributed by atoms with Gasteiger partial charge in [-0.15, -0.1) is 11.3 Å². The van der Waals surface area contributed by atoms with Crippen LogP contribution in [0.25, 0.3) is 0 Å². The molecule has 0 aliphatic carbocycles. The van der Waals surface area contributed by atoms with Gasteiger partial charge in [-0.05, 0) is 35.8 Å². The fraction of sp³-hybridized carbons (Fsp3) is 0.480. The molecule has 0 bridgehead atoms. The molecule has 2 fully saturated rings. The highest BCUT2D eigenvalue weighted by Crippen LogP contribution is 2.29. The molecule has 0 unspecified atom stereocenters. The summed E-state index contributed by atoms with van der Waals surface area (Å²) in [5.41, 5.74) is 0.998. The van der Waals surface area contributed by atoms with E-state index in [-0.39, 0.29) is 30.3 Å². The lowest BCUT2D eigenvalue weighted by Gasteiger charge is -2.54. The third-order valence-electron chi connectivity index (χ3n) is 6.34. The molecular formula is C25H33N5O3S. The Morgan fingerprint density at radius 2 is 1.91 bits per heavy atom. The summed E-state index contributed by atoms with van der Waals surface area (Å²) in [5, 5.41) is 8.30. The number of hydrogen-bond donors (Lipinski definition) is 1. The summed E-state index contributed by atoms with van der Waals surface area (Å²) >= 11 is 1.67. The monoisotopic (exact) mass is 483 g/mol. The van der Waals surface area contributed by atoms with E-state index in [9.17, 15) is 14.4 Å². The number of nitrogens with one attached hydrogen (secondary N) is 1. The number of benzene rings is 1. The van der Waals surface area contributed by atoms with Crippen LogP contribution in [0, 0.1) is 5.92 Å². The van der Waals surface area contributed by atoms with Crippen LogP contribution < -0.4 is 5.32 Å². The molecular weight excluding hydrogens is 450 g/mol. The van der Waals surface area contributed by atoms with E-state index in [1.54, 1.807) is 33.3 Å². The molecule has 1 N–H and O–H groups in total. The van der Waals surface area contributed by atoms with Gasteiger partial charge in [0.25, 0.3) is 0 Å². The standard InChI is InChI=1S/C25H33N5O3S/c1-18(2)14-21-24(32)28(12-11-20-10-7-13-34-20)16-22-29(21)23(31)17-27(3)30(22)25(33)26-15-19-8-5-4-6-9-19/h4-10,13,18,21-22H,11-12,14-17H2,1-3H3,(H,26,33)/t21-,22-/m0/s1. The molecule has 0 spiro atoms. The smallest absolute Gasteiger partial charge is 0.334 e. The first-order chi connectivity index (χ1) is 16.3. The zero-order chi connectivity index (χ0) is 24.2. The molecule has 4 amide bonds. The maximum atomic E-state index is 13.5. The Bertz CT molecular complexity index is 997. The Morgan fingerprint density at radius 1 is 1.15 bits per heavy atom. The molecule has 9 heteroatoms. The highest BCUT2D eigenvalue weighted by Gasteiger charge is 2.50. The molecule has 8 nitrogen and oxygen atoms in total. The summed E-state index contributed by atoms with van der Waals surface area (Å²) in [5.74, 6) is 0.0974. The Labute approximate surface area is 205 Å². The lowest BCUT2D eigenvalue weighted by molar-refractivity contribution is -0.187. The maximum Gasteiger partial charge on any atom is 0.334 e. The van der Waals surface area contributed by atoms with E-state index >= 15 is 0 Å². The van der Waals surface area contributed by atoms with Gasteiger partial charge in [-0.25, -0.2) is 14.8 Å². The van der Waals surface area contributed by atoms with Crippen molar-refractivity contribution in [2.75, 3.05) is 26.7 Å². The molecule has 0 saturated carbocycles. The summed E-state index contributed by atoms with van der Waals surface area (Å²) in [7, 11) is 1.75. The van der Waals surface area contributed by atoms with Crippen molar-refractivity contribution >= 4 is 29.2 Å². The second kappa shape index (κ2) is 10.6. The van der Waals surface area contributed by atoms with E-state index < -0.39 is 12.2 Å². The molecule has 34 heavy (non-hydrogen) atoms. The van der Waals surface area contributed by atoms with Crippen LogP contribution in [0.3, 0.4) is 0 Å². The highest BCUT2D eigenvalue weighted by atomic mass is 32.1. The fourth-order valence-electron chi connectivity index (χ4n) is 4.74. The number of likely N-dealkylation sites (N-methyl/N-ethyl adjacent to an activating group) is 1. The maximum absolute atomic E-state index is 13.5. The van der Waals surface area contributed by atoms with Gasteiger partial charge in [-0.1, -0.05) is 50.2 Å². The first kappa shape index (κ1) is 24.2. The number of carbonyl (C=O) groups excluding carboxylic acids is 3. The van der Waals surface area contributed by atoms with Crippen molar-refractivity contribution in [1.29, 1.82) is 0 Å². The van der Waals surface area contributed by atoms with Crippen molar-refractivity contribution in [1.82, 2.24) is 25.1 Å². The van der Waals surface area contributed by atoms with Crippen molar-refractivity contribution in [3.8, 4) is 0 Å². The first-order valence-electron chi connectivity index (χ1n) is 11.8. The minimum absolute atomic E-state index is 0.0240. The number of piperazine rings is 1. The van der Waals surface area contributed by atoms with Crippen LogP contribution in [-0.2, 0) is 22.6 Å². The van der Waals surface area contributed by atoms with Crippen LogP contribution in [-0.4, -0.2) is 76.6 Å². The van der Waals surface area contributed by atoms with Crippen molar-refractivity contribution in [2.24, 2.45) is 5.92 Å². The summed E-state index contributed by atoms with van der Waals surface area (Å²) in [6.45, 7) is 5.42. The summed E-state index contributed by atoms with van der Waals surface area (Å²) in [6, 6.07) is 13.0. The van der Waals surface area contributed by atoms with Crippen molar-refractivity contribution < 1.29 is 14.4 Å². The number of nitrogens with zero attached hydrogens (tertiary/aromatic N) is 4. The van der Waals surface area contributed by atoms with Crippen LogP contribution in [0.5, 0.6) is 0 Å². The topological polar surface area (TPSA) is 76.2 Å². The van der Waals surface area contributed by atoms with Crippen LogP contribution >= 0.6 is 11.3 Å². The molecule has 0 radical (unpaired) electrons. The quantitative estimate of drug-likeness (QED) is 0.657. The number of hydrogen-bond acceptors (Lipinski definition) is 5. The van der Waals surface area contributed by atoms with Gasteiger partial charge in [0.2, 0.25) is 11.8 Å². The van der Waals surface area contributed by atoms with E-state index in [0.717, 1.165) is 12.0 Å². The number of amides is 4. The number of rotatable bonds is 7. The summed E-state index contributed by atoms with van der Waals surface area (Å²) in [6.07, 6.45) is 0.792. The molecule has 182 valence electrons. The third kappa shape index (κ3) is 5.26. The van der Waals surface area contributed by atoms with Crippen molar-refractivity contribution in [3.05, 3.63) is 58.3 Å². The Balaban J connectivity index is 1.56. The Morgan fingerprint density at radius 3 is 2.59 bits per heavy atom. The number of hydrazine groups is 1. The average Bonchev–Trinajstić information content (AvgIpc) is 3.32. The van der Waals surface area contributed by atoms with Gasteiger partial charge in [0, 0.05) is 25.0 Å². The molecule has 3 heterocycles. The highest BCUT2D eigenvalue weighted by molar-refractivity contribution is 7.09. The SMILES string of the molecule is CC(C)C[C@H]1C(=O)N(CCc2cccs2)C[C@H]2N1C(=O)CN(C)N2C(=O)NCc1ccccc1. The molecule has 2 aliphatic heterocycles. The second-order valence-electron chi connectivity index (χ2n) is 9.35. The van der Waals surface area contributed by atoms with E-state index in [1.807, 2.05) is 46.7 Å². The lowest BCUT2D eigenvalue weighted by Crippen LogP contribution is -2.76. The zero-order valence-electron chi connectivity index (χ0n) is 20.0. The van der Waals surface area contributed by atoms with Crippen molar-refractivity contribution in [3.63, 3.8) is 0 Å². The van der Waals surface area contributed by atoms with Gasteiger partial charge in [0.1, 0.15) is 12.2 Å². The number of fused-ring (bicyclic) bond motifs is 1. The lowest BCUT2D eigenvalue weighted by atomic mass is 9.97. The Hall–Kier alpha value is -2.91. The largest absolute Gasteiger partial charge is 0.337 e. The normalized spacial score (nSPS) is 21.2. The molecule has 2 saturated heterocycles. The van der Waals surface area contributed by atoms with Gasteiger partial charge in [-0.2, -0.15) is 0 Å². The summed E-state index contributed by atoms with van der Waals surface area (Å²) < 4.78 is 0. The van der Waals surface area contributed by atoms with E-state index in [1.165, 1.54) is 4.88 Å². The Kier molecular flexibility index (Phi) is 7.53. The van der Waals surface area contributed by atoms with Crippen LogP contribution in [0.15, 0.2) is 47.8 Å². The zero-order valence-corrected chi connectivity index (χ0v) is 20.8. The van der Waals surface area contributed by atoms with Crippen molar-refractivity contribution in [2.45, 2.75) is 45.4 Å². The summed E-state index contributed by atoms with van der Waals surface area (Å²) in [4.78, 5) is 44.7. The van der Waals surface area contributed by atoms with E-state index in [2.05, 4.69) is 25.2 Å². The average molecular weight is 484 g/mol. The van der Waals surface area contributed by atoms with Gasteiger partial charge >= 0.3 is 6.03 Å². The fourth-order valence-corrected chi connectivity index (χ4v) is 5.43. The minimum Gasteiger partial charge on any atom is -0.337 e. The predicted molar refractivity (Wildman–Crippen MR) is 132 cm³/mol.